The first-order valence-electron chi connectivity index (χ1n) is 8.27. The number of aliphatic hydroxyl groups is 1. The Morgan fingerprint density at radius 3 is 2.93 bits per heavy atom. The van der Waals surface area contributed by atoms with Gasteiger partial charge in [0, 0.05) is 22.4 Å². The van der Waals surface area contributed by atoms with Crippen LogP contribution in [0.5, 0.6) is 0 Å². The Balaban J connectivity index is 1.39. The minimum atomic E-state index is -0.847. The molecule has 1 atom stereocenters. The molecule has 0 saturated carbocycles. The molecule has 3 aromatic heterocycles. The molecule has 0 radical (unpaired) electrons. The van der Waals surface area contributed by atoms with Crippen molar-refractivity contribution in [2.75, 3.05) is 6.54 Å². The first kappa shape index (κ1) is 17.3. The molecular weight excluding hydrogens is 368 g/mol. The molecule has 0 bridgehead atoms. The van der Waals surface area contributed by atoms with Crippen LogP contribution >= 0.6 is 11.3 Å². The van der Waals surface area contributed by atoms with Gasteiger partial charge in [-0.05, 0) is 30.3 Å². The van der Waals surface area contributed by atoms with Crippen molar-refractivity contribution in [3.63, 3.8) is 0 Å². The van der Waals surface area contributed by atoms with Crippen molar-refractivity contribution < 1.29 is 18.7 Å². The van der Waals surface area contributed by atoms with Gasteiger partial charge in [0.25, 0.3) is 0 Å². The van der Waals surface area contributed by atoms with Crippen LogP contribution in [0.25, 0.3) is 22.4 Å². The lowest BCUT2D eigenvalue weighted by Crippen LogP contribution is -2.33. The highest BCUT2D eigenvalue weighted by Gasteiger charge is 2.16. The molecule has 1 amide bonds. The van der Waals surface area contributed by atoms with Crippen molar-refractivity contribution in [1.82, 2.24) is 9.88 Å². The molecular formula is C19H16N2O5S. The molecule has 0 saturated heterocycles. The molecule has 4 rings (SSSR count). The van der Waals surface area contributed by atoms with E-state index >= 15 is 0 Å². The van der Waals surface area contributed by atoms with E-state index in [2.05, 4.69) is 5.32 Å². The first-order valence-corrected chi connectivity index (χ1v) is 9.15. The van der Waals surface area contributed by atoms with Gasteiger partial charge in [-0.2, -0.15) is 0 Å². The second kappa shape index (κ2) is 7.26. The van der Waals surface area contributed by atoms with E-state index in [9.17, 15) is 14.7 Å². The van der Waals surface area contributed by atoms with Crippen molar-refractivity contribution in [3.8, 4) is 11.3 Å². The summed E-state index contributed by atoms with van der Waals surface area (Å²) in [6, 6.07) is 12.4. The highest BCUT2D eigenvalue weighted by Crippen LogP contribution is 2.29. The molecule has 138 valence electrons. The number of nitrogens with one attached hydrogen (secondary N) is 1. The van der Waals surface area contributed by atoms with Crippen LogP contribution < -0.4 is 11.1 Å². The Labute approximate surface area is 157 Å². The number of aromatic nitrogens is 1. The number of fused-ring (bicyclic) bond motifs is 1. The van der Waals surface area contributed by atoms with Gasteiger partial charge in [0.05, 0.1) is 11.8 Å². The lowest BCUT2D eigenvalue weighted by Gasteiger charge is -2.10. The molecule has 0 aliphatic heterocycles. The molecule has 1 unspecified atom stereocenters. The topological polar surface area (TPSA) is 97.6 Å². The zero-order chi connectivity index (χ0) is 18.8. The Morgan fingerprint density at radius 2 is 2.11 bits per heavy atom. The monoisotopic (exact) mass is 384 g/mol. The zero-order valence-corrected chi connectivity index (χ0v) is 14.9. The summed E-state index contributed by atoms with van der Waals surface area (Å²) in [5.41, 5.74) is 1.86. The smallest absolute Gasteiger partial charge is 0.420 e. The molecule has 0 aliphatic rings. The molecule has 3 heterocycles. The van der Waals surface area contributed by atoms with Crippen LogP contribution in [0.15, 0.2) is 67.7 Å². The fourth-order valence-electron chi connectivity index (χ4n) is 2.77. The van der Waals surface area contributed by atoms with Crippen LogP contribution in [-0.2, 0) is 11.3 Å². The third-order valence-corrected chi connectivity index (χ3v) is 5.16. The third-order valence-electron chi connectivity index (χ3n) is 4.12. The number of rotatable bonds is 6. The maximum absolute atomic E-state index is 12.2. The van der Waals surface area contributed by atoms with Gasteiger partial charge in [0.1, 0.15) is 18.4 Å². The Morgan fingerprint density at radius 1 is 1.26 bits per heavy atom. The largest absolute Gasteiger partial charge is 0.464 e. The van der Waals surface area contributed by atoms with Crippen LogP contribution in [0.1, 0.15) is 11.0 Å². The number of furan rings is 1. The standard InChI is InChI=1S/C19H16N2O5S/c22-14(17-8-12(11-27-17)15-6-3-7-25-15)9-20-18(23)10-21-13-4-1-2-5-16(13)26-19(21)24/h1-8,11,14,22H,9-10H2,(H,20,23). The maximum atomic E-state index is 12.2. The van der Waals surface area contributed by atoms with Gasteiger partial charge in [0.15, 0.2) is 5.58 Å². The Bertz CT molecular complexity index is 1120. The summed E-state index contributed by atoms with van der Waals surface area (Å²) in [4.78, 5) is 24.8. The highest BCUT2D eigenvalue weighted by atomic mass is 32.1. The van der Waals surface area contributed by atoms with E-state index < -0.39 is 11.9 Å². The molecule has 2 N–H and O–H groups in total. The van der Waals surface area contributed by atoms with Crippen LogP contribution in [0.4, 0.5) is 0 Å². The average molecular weight is 384 g/mol. The number of para-hydroxylation sites is 2. The lowest BCUT2D eigenvalue weighted by atomic mass is 10.2. The number of oxazole rings is 1. The lowest BCUT2D eigenvalue weighted by molar-refractivity contribution is -0.122. The number of carbonyl (C=O) groups excluding carboxylic acids is 1. The van der Waals surface area contributed by atoms with Crippen molar-refractivity contribution >= 4 is 28.3 Å². The minimum Gasteiger partial charge on any atom is -0.464 e. The SMILES string of the molecule is O=C(Cn1c(=O)oc2ccccc21)NCC(O)c1cc(-c2ccco2)cs1. The van der Waals surface area contributed by atoms with E-state index in [1.54, 1.807) is 36.6 Å². The number of amides is 1. The predicted octanol–water partition coefficient (Wildman–Crippen LogP) is 2.77. The Kier molecular flexibility index (Phi) is 4.66. The van der Waals surface area contributed by atoms with Crippen molar-refractivity contribution in [2.24, 2.45) is 0 Å². The second-order valence-corrected chi connectivity index (χ2v) is 6.90. The summed E-state index contributed by atoms with van der Waals surface area (Å²) in [5.74, 6) is -0.251. The number of thiophene rings is 1. The minimum absolute atomic E-state index is 0.0431. The molecule has 0 fully saturated rings. The van der Waals surface area contributed by atoms with Gasteiger partial charge in [-0.25, -0.2) is 4.79 Å². The quantitative estimate of drug-likeness (QED) is 0.533. The van der Waals surface area contributed by atoms with Crippen LogP contribution in [0.2, 0.25) is 0 Å². The summed E-state index contributed by atoms with van der Waals surface area (Å²) in [6.07, 6.45) is 0.741. The molecule has 0 aliphatic carbocycles. The summed E-state index contributed by atoms with van der Waals surface area (Å²) in [6.45, 7) is -0.133. The normalized spacial score (nSPS) is 12.3. The van der Waals surface area contributed by atoms with Crippen LogP contribution in [0.3, 0.4) is 0 Å². The molecule has 4 aromatic rings. The molecule has 7 nitrogen and oxygen atoms in total. The van der Waals surface area contributed by atoms with E-state index in [1.165, 1.54) is 15.9 Å². The first-order chi connectivity index (χ1) is 13.1. The second-order valence-electron chi connectivity index (χ2n) is 5.96. The number of hydrogen-bond donors (Lipinski definition) is 2. The molecule has 1 aromatic carbocycles. The fraction of sp³-hybridized carbons (Fsp3) is 0.158. The van der Waals surface area contributed by atoms with Crippen LogP contribution in [-0.4, -0.2) is 22.1 Å². The highest BCUT2D eigenvalue weighted by molar-refractivity contribution is 7.10. The fourth-order valence-corrected chi connectivity index (χ4v) is 3.66. The number of benzene rings is 1. The van der Waals surface area contributed by atoms with Crippen molar-refractivity contribution in [1.29, 1.82) is 0 Å². The van der Waals surface area contributed by atoms with Gasteiger partial charge in [-0.1, -0.05) is 12.1 Å². The number of hydrogen-bond acceptors (Lipinski definition) is 6. The van der Waals surface area contributed by atoms with Crippen LogP contribution in [0, 0.1) is 0 Å². The van der Waals surface area contributed by atoms with Gasteiger partial charge in [0.2, 0.25) is 5.91 Å². The van der Waals surface area contributed by atoms with Crippen molar-refractivity contribution in [3.05, 3.63) is 69.5 Å². The third kappa shape index (κ3) is 3.57. The summed E-state index contributed by atoms with van der Waals surface area (Å²) in [5, 5.41) is 14.8. The van der Waals surface area contributed by atoms with Gasteiger partial charge in [-0.3, -0.25) is 9.36 Å². The maximum Gasteiger partial charge on any atom is 0.420 e. The number of carbonyl (C=O) groups is 1. The number of nitrogens with zero attached hydrogens (tertiary/aromatic N) is 1. The summed E-state index contributed by atoms with van der Waals surface area (Å²) >= 11 is 1.39. The van der Waals surface area contributed by atoms with Gasteiger partial charge in [-0.15, -0.1) is 11.3 Å². The Hall–Kier alpha value is -3.10. The summed E-state index contributed by atoms with van der Waals surface area (Å²) in [7, 11) is 0. The van der Waals surface area contributed by atoms with E-state index in [1.807, 2.05) is 17.5 Å². The molecule has 8 heteroatoms. The molecule has 0 spiro atoms. The number of aliphatic hydroxyl groups excluding tert-OH is 1. The zero-order valence-electron chi connectivity index (χ0n) is 14.1. The molecule has 27 heavy (non-hydrogen) atoms. The van der Waals surface area contributed by atoms with Gasteiger partial charge < -0.3 is 19.3 Å². The van der Waals surface area contributed by atoms with Gasteiger partial charge >= 0.3 is 5.76 Å². The van der Waals surface area contributed by atoms with E-state index in [0.717, 1.165) is 11.3 Å². The summed E-state index contributed by atoms with van der Waals surface area (Å²) < 4.78 is 11.7. The van der Waals surface area contributed by atoms with Crippen molar-refractivity contribution in [2.45, 2.75) is 12.6 Å². The van der Waals surface area contributed by atoms with E-state index in [0.29, 0.717) is 16.0 Å². The van der Waals surface area contributed by atoms with E-state index in [-0.39, 0.29) is 19.0 Å². The predicted molar refractivity (Wildman–Crippen MR) is 100 cm³/mol. The van der Waals surface area contributed by atoms with E-state index in [4.69, 9.17) is 8.83 Å². The average Bonchev–Trinajstić information content (AvgIpc) is 3.40.